The number of hydrogen-bond donors (Lipinski definition) is 2. The van der Waals surface area contributed by atoms with Crippen molar-refractivity contribution in [3.63, 3.8) is 0 Å². The van der Waals surface area contributed by atoms with Crippen molar-refractivity contribution in [1.29, 1.82) is 0 Å². The van der Waals surface area contributed by atoms with E-state index in [1.54, 1.807) is 17.0 Å². The number of nitrogens with zero attached hydrogens (tertiary/aromatic N) is 1. The molecular weight excluding hydrogens is 381 g/mol. The third-order valence-corrected chi connectivity index (χ3v) is 5.57. The zero-order valence-corrected chi connectivity index (χ0v) is 17.9. The first-order valence-corrected chi connectivity index (χ1v) is 10.4. The van der Waals surface area contributed by atoms with E-state index in [1.165, 1.54) is 17.7 Å². The number of nitrogens with one attached hydrogen (secondary N) is 2. The molecule has 3 rings (SSSR count). The van der Waals surface area contributed by atoms with Gasteiger partial charge < -0.3 is 15.5 Å². The van der Waals surface area contributed by atoms with Gasteiger partial charge in [0.05, 0.1) is 5.56 Å². The first-order valence-electron chi connectivity index (χ1n) is 10.4. The largest absolute Gasteiger partial charge is 0.339 e. The minimum absolute atomic E-state index is 0.0727. The van der Waals surface area contributed by atoms with Crippen molar-refractivity contribution >= 4 is 17.6 Å². The molecule has 0 aromatic heterocycles. The molecule has 1 fully saturated rings. The van der Waals surface area contributed by atoms with Gasteiger partial charge in [0.2, 0.25) is 0 Å². The molecule has 1 saturated heterocycles. The van der Waals surface area contributed by atoms with Crippen LogP contribution >= 0.6 is 0 Å². The van der Waals surface area contributed by atoms with E-state index >= 15 is 0 Å². The fourth-order valence-corrected chi connectivity index (χ4v) is 3.61. The Morgan fingerprint density at radius 3 is 2.27 bits per heavy atom. The zero-order chi connectivity index (χ0) is 21.7. The summed E-state index contributed by atoms with van der Waals surface area (Å²) in [4.78, 5) is 26.4. The predicted octanol–water partition coefficient (Wildman–Crippen LogP) is 4.80. The van der Waals surface area contributed by atoms with Crippen LogP contribution in [0.5, 0.6) is 0 Å². The van der Waals surface area contributed by atoms with Gasteiger partial charge in [0, 0.05) is 25.3 Å². The normalized spacial score (nSPS) is 15.0. The summed E-state index contributed by atoms with van der Waals surface area (Å²) in [6, 6.07) is 13.7. The lowest BCUT2D eigenvalue weighted by Gasteiger charge is -2.32. The third-order valence-electron chi connectivity index (χ3n) is 5.57. The Hall–Kier alpha value is -2.89. The predicted molar refractivity (Wildman–Crippen MR) is 117 cm³/mol. The molecule has 0 saturated carbocycles. The fraction of sp³-hybridized carbons (Fsp3) is 0.417. The van der Waals surface area contributed by atoms with Crippen molar-refractivity contribution < 1.29 is 14.0 Å². The van der Waals surface area contributed by atoms with Crippen molar-refractivity contribution in [1.82, 2.24) is 10.2 Å². The quantitative estimate of drug-likeness (QED) is 0.759. The number of carbonyl (C=O) groups excluding carboxylic acids is 2. The summed E-state index contributed by atoms with van der Waals surface area (Å²) in [5.74, 6) is -0.460. The van der Waals surface area contributed by atoms with E-state index in [9.17, 15) is 14.0 Å². The van der Waals surface area contributed by atoms with Gasteiger partial charge in [-0.25, -0.2) is 9.18 Å². The van der Waals surface area contributed by atoms with Gasteiger partial charge in [-0.15, -0.1) is 0 Å². The van der Waals surface area contributed by atoms with Crippen LogP contribution in [-0.2, 0) is 5.41 Å². The molecule has 0 radical (unpaired) electrons. The molecule has 1 heterocycles. The minimum Gasteiger partial charge on any atom is -0.339 e. The van der Waals surface area contributed by atoms with Gasteiger partial charge in [0.1, 0.15) is 5.82 Å². The van der Waals surface area contributed by atoms with Crippen LogP contribution in [0.25, 0.3) is 0 Å². The maximum absolute atomic E-state index is 13.8. The van der Waals surface area contributed by atoms with Crippen LogP contribution in [0.15, 0.2) is 48.5 Å². The molecule has 160 valence electrons. The summed E-state index contributed by atoms with van der Waals surface area (Å²) in [6.07, 6.45) is 1.56. The van der Waals surface area contributed by atoms with Crippen molar-refractivity contribution in [2.75, 3.05) is 25.0 Å². The Labute approximate surface area is 177 Å². The molecule has 30 heavy (non-hydrogen) atoms. The standard InChI is InChI=1S/C24H30FN3O2/c1-24(2,3)18-8-10-19(11-9-18)27-23(30)26-16-17-12-14-28(15-13-17)22(29)20-6-4-5-7-21(20)25/h4-11,17H,12-16H2,1-3H3,(H2,26,27,30). The third kappa shape index (κ3) is 5.59. The van der Waals surface area contributed by atoms with Crippen LogP contribution in [-0.4, -0.2) is 36.5 Å². The van der Waals surface area contributed by atoms with Gasteiger partial charge in [0.25, 0.3) is 5.91 Å². The molecule has 1 aliphatic heterocycles. The van der Waals surface area contributed by atoms with Crippen LogP contribution < -0.4 is 10.6 Å². The fourth-order valence-electron chi connectivity index (χ4n) is 3.61. The smallest absolute Gasteiger partial charge is 0.319 e. The van der Waals surface area contributed by atoms with Crippen LogP contribution in [0.4, 0.5) is 14.9 Å². The zero-order valence-electron chi connectivity index (χ0n) is 17.9. The summed E-state index contributed by atoms with van der Waals surface area (Å²) < 4.78 is 13.8. The number of piperidine rings is 1. The highest BCUT2D eigenvalue weighted by atomic mass is 19.1. The second-order valence-corrected chi connectivity index (χ2v) is 8.88. The van der Waals surface area contributed by atoms with Crippen molar-refractivity contribution in [3.05, 3.63) is 65.5 Å². The highest BCUT2D eigenvalue weighted by molar-refractivity contribution is 5.94. The van der Waals surface area contributed by atoms with Crippen molar-refractivity contribution in [3.8, 4) is 0 Å². The van der Waals surface area contributed by atoms with Crippen LogP contribution in [0.2, 0.25) is 0 Å². The average Bonchev–Trinajstić information content (AvgIpc) is 2.72. The molecule has 2 aromatic rings. The number of halogens is 1. The van der Waals surface area contributed by atoms with Crippen molar-refractivity contribution in [2.45, 2.75) is 39.0 Å². The maximum atomic E-state index is 13.8. The molecule has 3 amide bonds. The maximum Gasteiger partial charge on any atom is 0.319 e. The highest BCUT2D eigenvalue weighted by Gasteiger charge is 2.25. The summed E-state index contributed by atoms with van der Waals surface area (Å²) in [6.45, 7) is 8.13. The molecule has 0 aliphatic carbocycles. The molecule has 2 aromatic carbocycles. The lowest BCUT2D eigenvalue weighted by molar-refractivity contribution is 0.0686. The molecule has 0 atom stereocenters. The van der Waals surface area contributed by atoms with Crippen LogP contribution in [0, 0.1) is 11.7 Å². The topological polar surface area (TPSA) is 61.4 Å². The first kappa shape index (κ1) is 21.8. The molecule has 5 nitrogen and oxygen atoms in total. The first-order chi connectivity index (χ1) is 14.2. The van der Waals surface area contributed by atoms with Crippen molar-refractivity contribution in [2.24, 2.45) is 5.92 Å². The minimum atomic E-state index is -0.488. The van der Waals surface area contributed by atoms with Crippen LogP contribution in [0.1, 0.15) is 49.5 Å². The molecule has 1 aliphatic rings. The molecule has 0 unspecified atom stereocenters. The Bertz CT molecular complexity index is 882. The van der Waals surface area contributed by atoms with E-state index in [0.717, 1.165) is 18.5 Å². The molecule has 2 N–H and O–H groups in total. The van der Waals surface area contributed by atoms with E-state index in [2.05, 4.69) is 31.4 Å². The van der Waals surface area contributed by atoms with Gasteiger partial charge in [0.15, 0.2) is 0 Å². The number of carbonyl (C=O) groups is 2. The van der Waals surface area contributed by atoms with Gasteiger partial charge in [-0.1, -0.05) is 45.0 Å². The number of benzene rings is 2. The Morgan fingerprint density at radius 2 is 1.67 bits per heavy atom. The lowest BCUT2D eigenvalue weighted by Crippen LogP contribution is -2.42. The average molecular weight is 412 g/mol. The molecular formula is C24H30FN3O2. The summed E-state index contributed by atoms with van der Waals surface area (Å²) in [5, 5.41) is 5.78. The number of hydrogen-bond acceptors (Lipinski definition) is 2. The Balaban J connectivity index is 1.43. The van der Waals surface area contributed by atoms with Gasteiger partial charge in [-0.2, -0.15) is 0 Å². The van der Waals surface area contributed by atoms with E-state index in [4.69, 9.17) is 0 Å². The summed E-state index contributed by atoms with van der Waals surface area (Å²) >= 11 is 0. The number of rotatable bonds is 4. The number of urea groups is 1. The lowest BCUT2D eigenvalue weighted by atomic mass is 9.87. The second kappa shape index (κ2) is 9.28. The number of likely N-dealkylation sites (tertiary alicyclic amines) is 1. The van der Waals surface area contributed by atoms with Crippen LogP contribution in [0.3, 0.4) is 0 Å². The molecule has 6 heteroatoms. The van der Waals surface area contributed by atoms with Gasteiger partial charge in [-0.3, -0.25) is 4.79 Å². The second-order valence-electron chi connectivity index (χ2n) is 8.88. The van der Waals surface area contributed by atoms with E-state index in [1.807, 2.05) is 24.3 Å². The Kier molecular flexibility index (Phi) is 6.75. The van der Waals surface area contributed by atoms with E-state index in [-0.39, 0.29) is 22.9 Å². The van der Waals surface area contributed by atoms with Gasteiger partial charge in [-0.05, 0) is 54.0 Å². The summed E-state index contributed by atoms with van der Waals surface area (Å²) in [5.41, 5.74) is 2.16. The SMILES string of the molecule is CC(C)(C)c1ccc(NC(=O)NCC2CCN(C(=O)c3ccccc3F)CC2)cc1. The number of amides is 3. The van der Waals surface area contributed by atoms with Gasteiger partial charge >= 0.3 is 6.03 Å². The Morgan fingerprint density at radius 1 is 1.03 bits per heavy atom. The van der Waals surface area contributed by atoms with E-state index in [0.29, 0.717) is 25.6 Å². The van der Waals surface area contributed by atoms with E-state index < -0.39 is 5.82 Å². The summed E-state index contributed by atoms with van der Waals surface area (Å²) in [7, 11) is 0. The number of anilines is 1. The molecule has 0 spiro atoms. The highest BCUT2D eigenvalue weighted by Crippen LogP contribution is 2.23. The molecule has 0 bridgehead atoms. The monoisotopic (exact) mass is 411 g/mol.